The summed E-state index contributed by atoms with van der Waals surface area (Å²) in [7, 11) is 0. The number of nitrogens with one attached hydrogen (secondary N) is 1. The third-order valence-electron chi connectivity index (χ3n) is 8.34. The van der Waals surface area contributed by atoms with Gasteiger partial charge in [0.1, 0.15) is 17.2 Å². The third kappa shape index (κ3) is 4.46. The number of H-pyrrole nitrogens is 1. The molecule has 1 aliphatic carbocycles. The first-order valence-electron chi connectivity index (χ1n) is 12.8. The van der Waals surface area contributed by atoms with Crippen LogP contribution in [0.2, 0.25) is 0 Å². The molecule has 2 saturated heterocycles. The van der Waals surface area contributed by atoms with E-state index in [1.807, 2.05) is 0 Å². The van der Waals surface area contributed by atoms with Gasteiger partial charge in [-0.25, -0.2) is 9.37 Å². The molecular formula is C27H28F4N4O3. The standard InChI is InChI=1S/C27H28F4N4O3/c28-19-14-33-24-23(18-12-26(13-21(18)34-24)5-9-37-10-6-26)22(19)15-3-7-35(8-4-15)25(36)17-2-1-16(11-20(17)32)38-27(29,30)31/h1-2,11,14-15H,3-10,12-13,32H2,(H,33,34). The van der Waals surface area contributed by atoms with Gasteiger partial charge >= 0.3 is 6.36 Å². The quantitative estimate of drug-likeness (QED) is 0.362. The first-order chi connectivity index (χ1) is 18.1. The van der Waals surface area contributed by atoms with Crippen molar-refractivity contribution >= 4 is 22.6 Å². The lowest BCUT2D eigenvalue weighted by atomic mass is 9.77. The number of ether oxygens (including phenoxy) is 2. The van der Waals surface area contributed by atoms with Crippen LogP contribution in [-0.2, 0) is 17.6 Å². The van der Waals surface area contributed by atoms with Gasteiger partial charge in [0.2, 0.25) is 0 Å². The molecule has 0 unspecified atom stereocenters. The number of aromatic amines is 1. The van der Waals surface area contributed by atoms with E-state index in [2.05, 4.69) is 14.7 Å². The first-order valence-corrected chi connectivity index (χ1v) is 12.8. The Kier molecular flexibility index (Phi) is 6.01. The lowest BCUT2D eigenvalue weighted by Crippen LogP contribution is -2.38. The van der Waals surface area contributed by atoms with E-state index in [-0.39, 0.29) is 34.3 Å². The second-order valence-electron chi connectivity index (χ2n) is 10.7. The predicted molar refractivity (Wildman–Crippen MR) is 131 cm³/mol. The zero-order valence-electron chi connectivity index (χ0n) is 20.7. The van der Waals surface area contributed by atoms with Gasteiger partial charge in [0.05, 0.1) is 11.8 Å². The highest BCUT2D eigenvalue weighted by Crippen LogP contribution is 2.48. The average molecular weight is 533 g/mol. The highest BCUT2D eigenvalue weighted by molar-refractivity contribution is 5.99. The van der Waals surface area contributed by atoms with Gasteiger partial charge in [-0.15, -0.1) is 13.2 Å². The molecular weight excluding hydrogens is 504 g/mol. The van der Waals surface area contributed by atoms with E-state index in [9.17, 15) is 18.0 Å². The summed E-state index contributed by atoms with van der Waals surface area (Å²) in [4.78, 5) is 22.5. The monoisotopic (exact) mass is 532 g/mol. The van der Waals surface area contributed by atoms with Gasteiger partial charge in [-0.1, -0.05) is 0 Å². The van der Waals surface area contributed by atoms with Crippen LogP contribution in [-0.4, -0.2) is 53.4 Å². The molecule has 7 nitrogen and oxygen atoms in total. The zero-order chi connectivity index (χ0) is 26.7. The van der Waals surface area contributed by atoms with Crippen molar-refractivity contribution in [2.75, 3.05) is 32.0 Å². The van der Waals surface area contributed by atoms with Crippen LogP contribution in [0.5, 0.6) is 5.75 Å². The SMILES string of the molecule is Nc1cc(OC(F)(F)F)ccc1C(=O)N1CCC(c2c(F)cnc3[nH]c4c(c23)CC2(CCOCC2)C4)CC1. The molecule has 0 atom stereocenters. The summed E-state index contributed by atoms with van der Waals surface area (Å²) < 4.78 is 62.3. The second kappa shape index (κ2) is 9.14. The number of carbonyl (C=O) groups excluding carboxylic acids is 1. The second-order valence-corrected chi connectivity index (χ2v) is 10.7. The molecule has 0 radical (unpaired) electrons. The first kappa shape index (κ1) is 25.0. The molecule has 1 amide bonds. The Balaban J connectivity index is 1.20. The van der Waals surface area contributed by atoms with Crippen molar-refractivity contribution in [2.45, 2.75) is 50.8 Å². The van der Waals surface area contributed by atoms with E-state index in [1.54, 1.807) is 4.90 Å². The van der Waals surface area contributed by atoms with Crippen LogP contribution >= 0.6 is 0 Å². The van der Waals surface area contributed by atoms with E-state index >= 15 is 4.39 Å². The lowest BCUT2D eigenvalue weighted by Gasteiger charge is -2.34. The summed E-state index contributed by atoms with van der Waals surface area (Å²) in [6, 6.07) is 3.31. The van der Waals surface area contributed by atoms with Crippen molar-refractivity contribution in [3.63, 3.8) is 0 Å². The Morgan fingerprint density at radius 3 is 2.61 bits per heavy atom. The molecule has 3 aromatic rings. The number of benzene rings is 1. The summed E-state index contributed by atoms with van der Waals surface area (Å²) in [6.45, 7) is 2.25. The number of amides is 1. The molecule has 202 valence electrons. The fraction of sp³-hybridized carbons (Fsp3) is 0.481. The molecule has 3 N–H and O–H groups in total. The van der Waals surface area contributed by atoms with Crippen LogP contribution in [0.1, 0.15) is 58.8 Å². The highest BCUT2D eigenvalue weighted by atomic mass is 19.4. The fourth-order valence-electron chi connectivity index (χ4n) is 6.46. The number of anilines is 1. The normalized spacial score (nSPS) is 19.7. The maximum atomic E-state index is 15.3. The number of carbonyl (C=O) groups is 1. The molecule has 2 aliphatic heterocycles. The molecule has 11 heteroatoms. The number of rotatable bonds is 3. The van der Waals surface area contributed by atoms with Crippen LogP contribution in [0.25, 0.3) is 11.0 Å². The largest absolute Gasteiger partial charge is 0.573 e. The molecule has 3 aliphatic rings. The van der Waals surface area contributed by atoms with Gasteiger partial charge in [0, 0.05) is 54.7 Å². The van der Waals surface area contributed by atoms with Crippen molar-refractivity contribution in [3.8, 4) is 5.75 Å². The average Bonchev–Trinajstić information content (AvgIpc) is 3.37. The van der Waals surface area contributed by atoms with Gasteiger partial charge in [-0.3, -0.25) is 4.79 Å². The maximum Gasteiger partial charge on any atom is 0.573 e. The summed E-state index contributed by atoms with van der Waals surface area (Å²) in [5, 5.41) is 0.887. The summed E-state index contributed by atoms with van der Waals surface area (Å²) in [5.41, 5.74) is 9.74. The molecule has 1 aromatic carbocycles. The molecule has 0 bridgehead atoms. The number of nitrogens with zero attached hydrogens (tertiary/aromatic N) is 2. The number of alkyl halides is 3. The van der Waals surface area contributed by atoms with Crippen molar-refractivity contribution in [1.29, 1.82) is 0 Å². The Labute approximate surface area is 216 Å². The Morgan fingerprint density at radius 1 is 1.18 bits per heavy atom. The number of nitrogens with two attached hydrogens (primary N) is 1. The van der Waals surface area contributed by atoms with E-state index in [0.717, 1.165) is 67.7 Å². The van der Waals surface area contributed by atoms with Crippen LogP contribution in [0.3, 0.4) is 0 Å². The van der Waals surface area contributed by atoms with Gasteiger partial charge in [0.15, 0.2) is 0 Å². The Bertz CT molecular complexity index is 1390. The number of fused-ring (bicyclic) bond motifs is 3. The molecule has 0 saturated carbocycles. The number of hydrogen-bond donors (Lipinski definition) is 2. The number of hydrogen-bond acceptors (Lipinski definition) is 5. The molecule has 2 fully saturated rings. The van der Waals surface area contributed by atoms with Crippen LogP contribution in [0.4, 0.5) is 23.2 Å². The minimum absolute atomic E-state index is 0.0874. The summed E-state index contributed by atoms with van der Waals surface area (Å²) >= 11 is 0. The predicted octanol–water partition coefficient (Wildman–Crippen LogP) is 5.10. The highest BCUT2D eigenvalue weighted by Gasteiger charge is 2.42. The number of pyridine rings is 1. The van der Waals surface area contributed by atoms with Crippen molar-refractivity contribution in [3.05, 3.63) is 52.6 Å². The molecule has 4 heterocycles. The zero-order valence-corrected chi connectivity index (χ0v) is 20.7. The van der Waals surface area contributed by atoms with E-state index in [1.165, 1.54) is 12.3 Å². The maximum absolute atomic E-state index is 15.3. The molecule has 6 rings (SSSR count). The van der Waals surface area contributed by atoms with Crippen molar-refractivity contribution in [1.82, 2.24) is 14.9 Å². The number of nitrogen functional groups attached to an aromatic ring is 1. The van der Waals surface area contributed by atoms with Crippen LogP contribution in [0, 0.1) is 11.2 Å². The number of halogens is 4. The number of piperidine rings is 1. The van der Waals surface area contributed by atoms with Gasteiger partial charge in [-0.2, -0.15) is 0 Å². The lowest BCUT2D eigenvalue weighted by molar-refractivity contribution is -0.274. The van der Waals surface area contributed by atoms with Gasteiger partial charge < -0.3 is 25.1 Å². The van der Waals surface area contributed by atoms with Crippen LogP contribution in [0.15, 0.2) is 24.4 Å². The van der Waals surface area contributed by atoms with E-state index in [4.69, 9.17) is 10.5 Å². The van der Waals surface area contributed by atoms with Crippen molar-refractivity contribution < 1.29 is 31.8 Å². The van der Waals surface area contributed by atoms with E-state index < -0.39 is 12.1 Å². The Hall–Kier alpha value is -3.34. The van der Waals surface area contributed by atoms with Crippen LogP contribution < -0.4 is 10.5 Å². The topological polar surface area (TPSA) is 93.5 Å². The number of aromatic nitrogens is 2. The fourth-order valence-corrected chi connectivity index (χ4v) is 6.46. The molecule has 1 spiro atoms. The van der Waals surface area contributed by atoms with Crippen molar-refractivity contribution in [2.24, 2.45) is 5.41 Å². The smallest absolute Gasteiger partial charge is 0.406 e. The molecule has 2 aromatic heterocycles. The molecule has 38 heavy (non-hydrogen) atoms. The summed E-state index contributed by atoms with van der Waals surface area (Å²) in [5.74, 6) is -1.27. The Morgan fingerprint density at radius 2 is 1.92 bits per heavy atom. The third-order valence-corrected chi connectivity index (χ3v) is 8.34. The van der Waals surface area contributed by atoms with Gasteiger partial charge in [0.25, 0.3) is 5.91 Å². The minimum Gasteiger partial charge on any atom is -0.406 e. The van der Waals surface area contributed by atoms with Gasteiger partial charge in [-0.05, 0) is 67.6 Å². The number of likely N-dealkylation sites (tertiary alicyclic amines) is 1. The summed E-state index contributed by atoms with van der Waals surface area (Å²) in [6.07, 6.45) is 1.31. The van der Waals surface area contributed by atoms with E-state index in [0.29, 0.717) is 37.1 Å². The minimum atomic E-state index is -4.85.